The summed E-state index contributed by atoms with van der Waals surface area (Å²) in [4.78, 5) is 4.98. The van der Waals surface area contributed by atoms with Crippen molar-refractivity contribution in [3.63, 3.8) is 0 Å². The van der Waals surface area contributed by atoms with Gasteiger partial charge in [0, 0.05) is 54.7 Å². The van der Waals surface area contributed by atoms with Gasteiger partial charge >= 0.3 is 0 Å². The van der Waals surface area contributed by atoms with Gasteiger partial charge in [-0.25, -0.2) is 0 Å². The summed E-state index contributed by atoms with van der Waals surface area (Å²) in [5, 5.41) is 17.4. The van der Waals surface area contributed by atoms with Crippen molar-refractivity contribution in [2.75, 3.05) is 9.80 Å². The Bertz CT molecular complexity index is 5030. The molecule has 4 nitrogen and oxygen atoms in total. The highest BCUT2D eigenvalue weighted by molar-refractivity contribution is 6.30. The maximum absolute atomic E-state index is 7.70. The first kappa shape index (κ1) is 47.7. The molecule has 85 heavy (non-hydrogen) atoms. The number of rotatable bonds is 8. The average Bonchev–Trinajstić information content (AvgIpc) is 1.87. The zero-order chi connectivity index (χ0) is 55.4. The normalized spacial score (nSPS) is 25.9. The monoisotopic (exact) mass is 1100 g/mol. The average molecular weight is 1100 g/mol. The van der Waals surface area contributed by atoms with Gasteiger partial charge in [0.2, 0.25) is 0 Å². The first-order valence-corrected chi connectivity index (χ1v) is 32.1. The van der Waals surface area contributed by atoms with E-state index in [1.807, 2.05) is 0 Å². The largest absolute Gasteiger partial charge is 0.454 e. The zero-order valence-electron chi connectivity index (χ0n) is 48.1. The Labute approximate surface area is 495 Å². The lowest BCUT2D eigenvalue weighted by atomic mass is 9.44. The molecule has 0 atom stereocenters. The Balaban J connectivity index is 0.793. The SMILES string of the molecule is CC1(c2cc3ccccc3c3c2oc2c(N(c4ccccc4)c4ccc5ccc6c(N(c7ccccc7)c7cccc8c7oc7c(C9C%10CC%11CC(C%10)CC9C%11)cc9ccccc9c78)ccc7ccc4c5c76)cccc23)C2CC3CC(C2)CC1C3. The van der Waals surface area contributed by atoms with Crippen LogP contribution in [0.25, 0.3) is 97.7 Å². The van der Waals surface area contributed by atoms with Gasteiger partial charge in [-0.05, 0) is 227 Å². The number of furan rings is 2. The molecular formula is C81H66N2O2. The molecule has 12 aromatic carbocycles. The van der Waals surface area contributed by atoms with E-state index in [1.54, 1.807) is 0 Å². The molecule has 0 radical (unpaired) electrons. The highest BCUT2D eigenvalue weighted by atomic mass is 16.3. The summed E-state index contributed by atoms with van der Waals surface area (Å²) < 4.78 is 15.3. The molecule has 8 aliphatic carbocycles. The first-order chi connectivity index (χ1) is 42.0. The summed E-state index contributed by atoms with van der Waals surface area (Å²) in [7, 11) is 0. The van der Waals surface area contributed by atoms with Crippen LogP contribution in [0.2, 0.25) is 0 Å². The van der Waals surface area contributed by atoms with Crippen LogP contribution in [0.1, 0.15) is 88.2 Å². The summed E-state index contributed by atoms with van der Waals surface area (Å²) in [6, 6.07) is 77.9. The number of nitrogens with zero attached hydrogens (tertiary/aromatic N) is 2. The van der Waals surface area contributed by atoms with E-state index >= 15 is 0 Å². The van der Waals surface area contributed by atoms with Gasteiger partial charge in [-0.2, -0.15) is 0 Å². The van der Waals surface area contributed by atoms with Gasteiger partial charge in [0.25, 0.3) is 0 Å². The van der Waals surface area contributed by atoms with E-state index in [-0.39, 0.29) is 5.41 Å². The van der Waals surface area contributed by atoms with Crippen LogP contribution in [0.5, 0.6) is 0 Å². The smallest absolute Gasteiger partial charge is 0.159 e. The van der Waals surface area contributed by atoms with Gasteiger partial charge in [0.15, 0.2) is 11.2 Å². The molecule has 8 aliphatic rings. The second kappa shape index (κ2) is 17.5. The Morgan fingerprint density at radius 1 is 0.329 bits per heavy atom. The van der Waals surface area contributed by atoms with E-state index in [0.29, 0.717) is 17.8 Å². The molecular weight excluding hydrogens is 1030 g/mol. The fraction of sp³-hybridized carbons (Fsp3) is 0.259. The predicted octanol–water partition coefficient (Wildman–Crippen LogP) is 22.9. The molecule has 0 spiro atoms. The number of hydrogen-bond acceptors (Lipinski definition) is 4. The van der Waals surface area contributed by atoms with Gasteiger partial charge < -0.3 is 18.6 Å². The molecule has 4 heteroatoms. The van der Waals surface area contributed by atoms with Crippen molar-refractivity contribution < 1.29 is 8.83 Å². The van der Waals surface area contributed by atoms with Crippen molar-refractivity contribution in [2.24, 2.45) is 47.3 Å². The number of anilines is 6. The van der Waals surface area contributed by atoms with Crippen LogP contribution < -0.4 is 9.80 Å². The van der Waals surface area contributed by atoms with Crippen molar-refractivity contribution in [3.8, 4) is 0 Å². The third kappa shape index (κ3) is 6.64. The van der Waals surface area contributed by atoms with Crippen LogP contribution in [0, 0.1) is 47.3 Å². The second-order valence-electron chi connectivity index (χ2n) is 27.7. The number of para-hydroxylation sites is 4. The summed E-state index contributed by atoms with van der Waals surface area (Å²) in [6.07, 6.45) is 13.8. The van der Waals surface area contributed by atoms with E-state index < -0.39 is 0 Å². The molecule has 8 fully saturated rings. The molecule has 8 saturated carbocycles. The van der Waals surface area contributed by atoms with Crippen LogP contribution in [0.15, 0.2) is 215 Å². The quantitative estimate of drug-likeness (QED) is 0.142. The molecule has 0 saturated heterocycles. The molecule has 0 amide bonds. The third-order valence-electron chi connectivity index (χ3n) is 23.6. The molecule has 22 rings (SSSR count). The molecule has 412 valence electrons. The Morgan fingerprint density at radius 3 is 1.29 bits per heavy atom. The predicted molar refractivity (Wildman–Crippen MR) is 353 cm³/mol. The lowest BCUT2D eigenvalue weighted by Crippen LogP contribution is -2.54. The van der Waals surface area contributed by atoms with Gasteiger partial charge in [0.1, 0.15) is 11.2 Å². The summed E-state index contributed by atoms with van der Waals surface area (Å²) >= 11 is 0. The fourth-order valence-electron chi connectivity index (χ4n) is 20.5. The van der Waals surface area contributed by atoms with E-state index in [4.69, 9.17) is 8.83 Å². The van der Waals surface area contributed by atoms with Crippen LogP contribution in [0.3, 0.4) is 0 Å². The van der Waals surface area contributed by atoms with Gasteiger partial charge in [-0.1, -0.05) is 153 Å². The van der Waals surface area contributed by atoms with E-state index in [0.717, 1.165) is 92.0 Å². The van der Waals surface area contributed by atoms with Crippen molar-refractivity contribution in [1.82, 2.24) is 0 Å². The Morgan fingerprint density at radius 2 is 0.765 bits per heavy atom. The molecule has 0 aliphatic heterocycles. The second-order valence-corrected chi connectivity index (χ2v) is 27.7. The molecule has 14 aromatic rings. The number of benzene rings is 12. The van der Waals surface area contributed by atoms with Crippen LogP contribution in [-0.4, -0.2) is 0 Å². The minimum Gasteiger partial charge on any atom is -0.454 e. The van der Waals surface area contributed by atoms with Gasteiger partial charge in [-0.15, -0.1) is 0 Å². The van der Waals surface area contributed by atoms with Gasteiger partial charge in [0.05, 0.1) is 22.7 Å². The highest BCUT2D eigenvalue weighted by Gasteiger charge is 2.56. The maximum atomic E-state index is 7.70. The van der Waals surface area contributed by atoms with Crippen molar-refractivity contribution in [3.05, 3.63) is 217 Å². The number of hydrogen-bond donors (Lipinski definition) is 0. The fourth-order valence-corrected chi connectivity index (χ4v) is 20.5. The highest BCUT2D eigenvalue weighted by Crippen LogP contribution is 2.65. The van der Waals surface area contributed by atoms with Crippen molar-refractivity contribution >= 4 is 132 Å². The molecule has 2 aromatic heterocycles. The maximum Gasteiger partial charge on any atom is 0.159 e. The minimum atomic E-state index is 0.0643. The molecule has 0 N–H and O–H groups in total. The summed E-state index contributed by atoms with van der Waals surface area (Å²) in [6.45, 7) is 2.63. The van der Waals surface area contributed by atoms with E-state index in [2.05, 4.69) is 223 Å². The van der Waals surface area contributed by atoms with Crippen LogP contribution in [-0.2, 0) is 5.41 Å². The summed E-state index contributed by atoms with van der Waals surface area (Å²) in [5.41, 5.74) is 13.6. The van der Waals surface area contributed by atoms with Gasteiger partial charge in [-0.3, -0.25) is 0 Å². The minimum absolute atomic E-state index is 0.0643. The molecule has 0 unspecified atom stereocenters. The van der Waals surface area contributed by atoms with E-state index in [9.17, 15) is 0 Å². The van der Waals surface area contributed by atoms with Crippen LogP contribution >= 0.6 is 0 Å². The number of fused-ring (bicyclic) bond motifs is 10. The van der Waals surface area contributed by atoms with Crippen LogP contribution in [0.4, 0.5) is 34.1 Å². The lowest BCUT2D eigenvalue weighted by Gasteiger charge is -2.60. The third-order valence-corrected chi connectivity index (χ3v) is 23.6. The van der Waals surface area contributed by atoms with Crippen molar-refractivity contribution in [1.29, 1.82) is 0 Å². The standard InChI is InChI=1S/C81H66N2O2/c1-81(56-40-48-35-49(42-56)43-57(81)41-48)67-45-53-15-9-11-21-61(53)76-65-23-13-25-71(78(65)85-80(67)76)83(59-18-6-3-7-19-59)69-33-29-51-26-30-62-68(32-28-50-27-31-63(69)74(51)73(50)62)82(58-16-4-2-5-17-58)70-24-12-22-64-75-60-20-10-8-14-52(60)44-66(79(75)84-77(64)70)72-54-36-46-34-47(38-54)39-55(72)37-46/h2-33,44-49,54-57,72H,34-43H2,1H3. The molecule has 8 bridgehead atoms. The Kier molecular flexibility index (Phi) is 9.83. The first-order valence-electron chi connectivity index (χ1n) is 32.1. The van der Waals surface area contributed by atoms with E-state index in [1.165, 1.54) is 151 Å². The molecule has 2 heterocycles. The topological polar surface area (TPSA) is 32.8 Å². The van der Waals surface area contributed by atoms with Crippen molar-refractivity contribution in [2.45, 2.75) is 82.5 Å². The lowest BCUT2D eigenvalue weighted by molar-refractivity contribution is -0.0519. The summed E-state index contributed by atoms with van der Waals surface area (Å²) in [5.74, 6) is 6.96. The Hall–Kier alpha value is -8.60. The zero-order valence-corrected chi connectivity index (χ0v) is 48.1.